The Kier molecular flexibility index (Phi) is 5.05. The first-order chi connectivity index (χ1) is 13.2. The number of fused-ring (bicyclic) bond motifs is 3. The first-order valence-electron chi connectivity index (χ1n) is 8.98. The van der Waals surface area contributed by atoms with Crippen molar-refractivity contribution in [3.63, 3.8) is 0 Å². The van der Waals surface area contributed by atoms with Crippen LogP contribution in [0.4, 0.5) is 0 Å². The lowest BCUT2D eigenvalue weighted by molar-refractivity contribution is 0.387. The minimum atomic E-state index is 0.483. The highest BCUT2D eigenvalue weighted by Crippen LogP contribution is 2.29. The average Bonchev–Trinajstić information content (AvgIpc) is 2.97. The van der Waals surface area contributed by atoms with Gasteiger partial charge in [-0.15, -0.1) is 22.0 Å². The maximum atomic E-state index is 4.88. The summed E-state index contributed by atoms with van der Waals surface area (Å²) in [4.78, 5) is 12.8. The highest BCUT2D eigenvalue weighted by molar-refractivity contribution is 7.99. The molecule has 0 unspecified atom stereocenters. The van der Waals surface area contributed by atoms with E-state index < -0.39 is 0 Å². The van der Waals surface area contributed by atoms with Gasteiger partial charge < -0.3 is 4.90 Å². The predicted octanol–water partition coefficient (Wildman–Crippen LogP) is 3.19. The van der Waals surface area contributed by atoms with Gasteiger partial charge in [-0.3, -0.25) is 14.5 Å². The normalized spacial score (nSPS) is 13.1. The fourth-order valence-corrected chi connectivity index (χ4v) is 3.93. The van der Waals surface area contributed by atoms with Gasteiger partial charge in [0.1, 0.15) is 6.54 Å². The van der Waals surface area contributed by atoms with Crippen LogP contribution in [-0.2, 0) is 13.1 Å². The molecule has 2 aromatic heterocycles. The molecule has 27 heavy (non-hydrogen) atoms. The maximum absolute atomic E-state index is 4.88. The van der Waals surface area contributed by atoms with Crippen LogP contribution >= 0.6 is 11.8 Å². The van der Waals surface area contributed by atoms with Crippen molar-refractivity contribution in [2.45, 2.75) is 24.9 Å². The Morgan fingerprint density at radius 1 is 1.15 bits per heavy atom. The van der Waals surface area contributed by atoms with Gasteiger partial charge in [0.15, 0.2) is 11.6 Å². The lowest BCUT2D eigenvalue weighted by Gasteiger charge is -2.16. The molecule has 0 fully saturated rings. The first-order valence-corrected chi connectivity index (χ1v) is 9.97. The molecule has 138 valence electrons. The van der Waals surface area contributed by atoms with E-state index in [9.17, 15) is 0 Å². The minimum absolute atomic E-state index is 0.483. The Bertz CT molecular complexity index is 977. The van der Waals surface area contributed by atoms with E-state index in [2.05, 4.69) is 49.8 Å². The van der Waals surface area contributed by atoms with Crippen LogP contribution in [0.3, 0.4) is 0 Å². The van der Waals surface area contributed by atoms with E-state index in [1.807, 2.05) is 50.3 Å². The number of hydrogen-bond acceptors (Lipinski definition) is 6. The maximum Gasteiger partial charge on any atom is 0.159 e. The summed E-state index contributed by atoms with van der Waals surface area (Å²) in [5.74, 6) is 2.80. The number of hydrogen-bond donors (Lipinski definition) is 0. The molecule has 3 heterocycles. The molecule has 0 atom stereocenters. The highest BCUT2D eigenvalue weighted by atomic mass is 32.2. The van der Waals surface area contributed by atoms with Crippen molar-refractivity contribution in [1.29, 1.82) is 0 Å². The molecule has 0 saturated heterocycles. The van der Waals surface area contributed by atoms with Crippen LogP contribution < -0.4 is 0 Å². The van der Waals surface area contributed by atoms with Crippen molar-refractivity contribution in [2.75, 3.05) is 19.8 Å². The van der Waals surface area contributed by atoms with E-state index in [0.29, 0.717) is 6.54 Å². The summed E-state index contributed by atoms with van der Waals surface area (Å²) in [6.07, 6.45) is 1.81. The largest absolute Gasteiger partial charge is 0.302 e. The standard InChI is InChI=1S/C20H22N6S/c1-4-27-14-8-9-17-15(11-14)20(16-7-5-6-10-21-16)22-12-18-23-24-19(26(17)18)13-25(2)3/h5-11H,4,12-13H2,1-3H3. The third-order valence-electron chi connectivity index (χ3n) is 4.32. The number of aromatic nitrogens is 4. The molecule has 1 aliphatic rings. The molecule has 0 bridgehead atoms. The summed E-state index contributed by atoms with van der Waals surface area (Å²) in [6.45, 7) is 3.37. The van der Waals surface area contributed by atoms with Gasteiger partial charge >= 0.3 is 0 Å². The van der Waals surface area contributed by atoms with Gasteiger partial charge in [-0.05, 0) is 50.2 Å². The van der Waals surface area contributed by atoms with Crippen LogP contribution in [-0.4, -0.2) is 50.2 Å². The Morgan fingerprint density at radius 2 is 2.04 bits per heavy atom. The quantitative estimate of drug-likeness (QED) is 0.638. The second-order valence-electron chi connectivity index (χ2n) is 6.60. The first kappa shape index (κ1) is 17.9. The topological polar surface area (TPSA) is 59.2 Å². The van der Waals surface area contributed by atoms with E-state index in [-0.39, 0.29) is 0 Å². The summed E-state index contributed by atoms with van der Waals surface area (Å²) < 4.78 is 2.15. The summed E-state index contributed by atoms with van der Waals surface area (Å²) in [5, 5.41) is 8.83. The molecular formula is C20H22N6S. The van der Waals surface area contributed by atoms with Gasteiger partial charge in [-0.25, -0.2) is 0 Å². The minimum Gasteiger partial charge on any atom is -0.302 e. The SMILES string of the molecule is CCSc1ccc2c(c1)C(c1ccccn1)=NCc1nnc(CN(C)C)n1-2. The van der Waals surface area contributed by atoms with Gasteiger partial charge in [-0.2, -0.15) is 0 Å². The molecule has 1 aliphatic heterocycles. The second kappa shape index (κ2) is 7.62. The zero-order valence-electron chi connectivity index (χ0n) is 15.8. The molecule has 0 aliphatic carbocycles. The van der Waals surface area contributed by atoms with Crippen LogP contribution in [0.1, 0.15) is 29.8 Å². The number of nitrogens with zero attached hydrogens (tertiary/aromatic N) is 6. The summed E-state index contributed by atoms with van der Waals surface area (Å²) in [6, 6.07) is 12.5. The molecule has 0 N–H and O–H groups in total. The average molecular weight is 379 g/mol. The highest BCUT2D eigenvalue weighted by Gasteiger charge is 2.24. The molecule has 1 aromatic carbocycles. The van der Waals surface area contributed by atoms with Crippen molar-refractivity contribution in [1.82, 2.24) is 24.6 Å². The molecule has 4 rings (SSSR count). The van der Waals surface area contributed by atoms with Gasteiger partial charge in [0.05, 0.1) is 23.6 Å². The summed E-state index contributed by atoms with van der Waals surface area (Å²) >= 11 is 1.83. The number of benzene rings is 1. The van der Waals surface area contributed by atoms with Gasteiger partial charge in [0.2, 0.25) is 0 Å². The molecule has 6 nitrogen and oxygen atoms in total. The van der Waals surface area contributed by atoms with Crippen LogP contribution in [0.5, 0.6) is 0 Å². The summed E-state index contributed by atoms with van der Waals surface area (Å²) in [7, 11) is 4.08. The van der Waals surface area contributed by atoms with Crippen molar-refractivity contribution in [3.8, 4) is 5.69 Å². The smallest absolute Gasteiger partial charge is 0.159 e. The van der Waals surface area contributed by atoms with Gasteiger partial charge in [0.25, 0.3) is 0 Å². The molecule has 0 radical (unpaired) electrons. The third-order valence-corrected chi connectivity index (χ3v) is 5.19. The van der Waals surface area contributed by atoms with E-state index >= 15 is 0 Å². The zero-order valence-corrected chi connectivity index (χ0v) is 16.6. The lowest BCUT2D eigenvalue weighted by atomic mass is 10.0. The van der Waals surface area contributed by atoms with Crippen LogP contribution in [0, 0.1) is 0 Å². The molecule has 0 spiro atoms. The van der Waals surface area contributed by atoms with Crippen LogP contribution in [0.15, 0.2) is 52.5 Å². The van der Waals surface area contributed by atoms with Crippen molar-refractivity contribution in [2.24, 2.45) is 4.99 Å². The fourth-order valence-electron chi connectivity index (χ4n) is 3.23. The predicted molar refractivity (Wildman–Crippen MR) is 109 cm³/mol. The van der Waals surface area contributed by atoms with E-state index in [4.69, 9.17) is 4.99 Å². The number of thioether (sulfide) groups is 1. The Balaban J connectivity index is 1.92. The lowest BCUT2D eigenvalue weighted by Crippen LogP contribution is -2.17. The third kappa shape index (κ3) is 3.52. The Hall–Kier alpha value is -2.51. The van der Waals surface area contributed by atoms with Crippen molar-refractivity contribution < 1.29 is 0 Å². The fraction of sp³-hybridized carbons (Fsp3) is 0.300. The molecule has 3 aromatic rings. The number of aliphatic imine (C=N–C) groups is 1. The van der Waals surface area contributed by atoms with Crippen molar-refractivity contribution in [3.05, 3.63) is 65.5 Å². The Labute approximate surface area is 163 Å². The molecule has 0 saturated carbocycles. The second-order valence-corrected chi connectivity index (χ2v) is 7.93. The van der Waals surface area contributed by atoms with E-state index in [0.717, 1.165) is 46.6 Å². The number of pyridine rings is 1. The molecular weight excluding hydrogens is 356 g/mol. The monoisotopic (exact) mass is 378 g/mol. The van der Waals surface area contributed by atoms with E-state index in [1.165, 1.54) is 4.90 Å². The molecule has 7 heteroatoms. The van der Waals surface area contributed by atoms with Gasteiger partial charge in [0, 0.05) is 16.7 Å². The van der Waals surface area contributed by atoms with Crippen LogP contribution in [0.25, 0.3) is 5.69 Å². The van der Waals surface area contributed by atoms with E-state index in [1.54, 1.807) is 0 Å². The van der Waals surface area contributed by atoms with Gasteiger partial charge in [-0.1, -0.05) is 13.0 Å². The zero-order chi connectivity index (χ0) is 18.8. The van der Waals surface area contributed by atoms with Crippen LogP contribution in [0.2, 0.25) is 0 Å². The molecule has 0 amide bonds. The Morgan fingerprint density at radius 3 is 2.78 bits per heavy atom. The van der Waals surface area contributed by atoms with Crippen molar-refractivity contribution >= 4 is 17.5 Å². The summed E-state index contributed by atoms with van der Waals surface area (Å²) in [5.41, 5.74) is 3.93. The number of rotatable bonds is 5.